The first kappa shape index (κ1) is 11.3. The Labute approximate surface area is 99.3 Å². The molecule has 0 spiro atoms. The van der Waals surface area contributed by atoms with Crippen molar-refractivity contribution in [1.82, 2.24) is 4.57 Å². The van der Waals surface area contributed by atoms with Gasteiger partial charge in [0.25, 0.3) is 5.91 Å². The van der Waals surface area contributed by atoms with E-state index in [1.165, 1.54) is 0 Å². The molecular formula is C13H14N2O2. The molecule has 1 aromatic carbocycles. The third kappa shape index (κ3) is 1.89. The number of hydrogen-bond donors (Lipinski definition) is 2. The quantitative estimate of drug-likeness (QED) is 0.826. The number of aromatic nitrogens is 1. The Balaban J connectivity index is 2.63. The second-order valence-electron chi connectivity index (χ2n) is 4.03. The van der Waals surface area contributed by atoms with E-state index in [0.717, 1.165) is 16.8 Å². The zero-order chi connectivity index (χ0) is 12.6. The van der Waals surface area contributed by atoms with Crippen molar-refractivity contribution in [2.24, 2.45) is 12.8 Å². The van der Waals surface area contributed by atoms with Gasteiger partial charge in [-0.2, -0.15) is 0 Å². The number of carbonyl (C=O) groups excluding carboxylic acids is 1. The summed E-state index contributed by atoms with van der Waals surface area (Å²) < 4.78 is 1.86. The minimum absolute atomic E-state index is 0.196. The Hall–Kier alpha value is -2.23. The number of carbonyl (C=O) groups is 1. The number of benzene rings is 1. The van der Waals surface area contributed by atoms with Crippen molar-refractivity contribution in [1.29, 1.82) is 0 Å². The second-order valence-corrected chi connectivity index (χ2v) is 4.03. The second kappa shape index (κ2) is 3.97. The fraction of sp³-hybridized carbons (Fsp3) is 0.154. The van der Waals surface area contributed by atoms with Gasteiger partial charge in [-0.3, -0.25) is 4.79 Å². The van der Waals surface area contributed by atoms with Gasteiger partial charge in [-0.05, 0) is 24.6 Å². The molecule has 1 heterocycles. The molecule has 0 aliphatic rings. The summed E-state index contributed by atoms with van der Waals surface area (Å²) in [7, 11) is 1.87. The number of aromatic hydroxyl groups is 1. The first-order valence-electron chi connectivity index (χ1n) is 5.26. The number of aryl methyl sites for hydroxylation is 1. The maximum absolute atomic E-state index is 11.5. The van der Waals surface area contributed by atoms with Crippen molar-refractivity contribution in [3.8, 4) is 16.9 Å². The summed E-state index contributed by atoms with van der Waals surface area (Å²) in [5.41, 5.74) is 8.41. The van der Waals surface area contributed by atoms with Crippen LogP contribution in [-0.4, -0.2) is 15.6 Å². The molecule has 0 unspecified atom stereocenters. The summed E-state index contributed by atoms with van der Waals surface area (Å²) in [5.74, 6) is -0.242. The first-order chi connectivity index (χ1) is 8.00. The van der Waals surface area contributed by atoms with E-state index in [9.17, 15) is 9.90 Å². The average molecular weight is 230 g/mol. The van der Waals surface area contributed by atoms with Crippen LogP contribution in [0, 0.1) is 6.92 Å². The highest BCUT2D eigenvalue weighted by atomic mass is 16.3. The van der Waals surface area contributed by atoms with Gasteiger partial charge in [0.15, 0.2) is 0 Å². The minimum Gasteiger partial charge on any atom is -0.508 e. The molecule has 0 aliphatic heterocycles. The van der Waals surface area contributed by atoms with E-state index in [-0.39, 0.29) is 5.75 Å². The van der Waals surface area contributed by atoms with E-state index >= 15 is 0 Å². The molecule has 0 fully saturated rings. The third-order valence-corrected chi connectivity index (χ3v) is 2.91. The summed E-state index contributed by atoms with van der Waals surface area (Å²) >= 11 is 0. The Bertz CT molecular complexity index is 568. The summed E-state index contributed by atoms with van der Waals surface area (Å²) in [5, 5.41) is 9.25. The van der Waals surface area contributed by atoms with Crippen LogP contribution in [0.1, 0.15) is 16.1 Å². The highest BCUT2D eigenvalue weighted by Crippen LogP contribution is 2.28. The van der Waals surface area contributed by atoms with Crippen LogP contribution >= 0.6 is 0 Å². The van der Waals surface area contributed by atoms with E-state index in [0.29, 0.717) is 5.56 Å². The number of rotatable bonds is 2. The molecule has 2 rings (SSSR count). The molecule has 0 atom stereocenters. The predicted molar refractivity (Wildman–Crippen MR) is 65.8 cm³/mol. The fourth-order valence-corrected chi connectivity index (χ4v) is 1.90. The molecular weight excluding hydrogens is 216 g/mol. The standard InChI is InChI=1S/C13H14N2O2/c1-8-12(13(14)17)11(7-15(8)2)9-3-5-10(16)6-4-9/h3-7,16H,1-2H3,(H2,14,17). The van der Waals surface area contributed by atoms with Gasteiger partial charge < -0.3 is 15.4 Å². The van der Waals surface area contributed by atoms with Crippen molar-refractivity contribution in [2.45, 2.75) is 6.92 Å². The number of phenols is 1. The van der Waals surface area contributed by atoms with Crippen molar-refractivity contribution in [2.75, 3.05) is 0 Å². The predicted octanol–water partition coefficient (Wildman–Crippen LogP) is 1.81. The van der Waals surface area contributed by atoms with Crippen LogP contribution < -0.4 is 5.73 Å². The molecule has 0 radical (unpaired) electrons. The monoisotopic (exact) mass is 230 g/mol. The Kier molecular flexibility index (Phi) is 2.63. The molecule has 0 saturated heterocycles. The molecule has 1 amide bonds. The van der Waals surface area contributed by atoms with Crippen LogP contribution in [-0.2, 0) is 7.05 Å². The van der Waals surface area contributed by atoms with Crippen LogP contribution in [0.25, 0.3) is 11.1 Å². The molecule has 4 nitrogen and oxygen atoms in total. The maximum atomic E-state index is 11.5. The van der Waals surface area contributed by atoms with Crippen LogP contribution in [0.4, 0.5) is 0 Å². The molecule has 0 bridgehead atoms. The highest BCUT2D eigenvalue weighted by Gasteiger charge is 2.16. The van der Waals surface area contributed by atoms with E-state index in [1.807, 2.05) is 24.7 Å². The lowest BCUT2D eigenvalue weighted by Crippen LogP contribution is -2.13. The Morgan fingerprint density at radius 2 is 1.88 bits per heavy atom. The van der Waals surface area contributed by atoms with Crippen LogP contribution in [0.2, 0.25) is 0 Å². The lowest BCUT2D eigenvalue weighted by Gasteiger charge is -2.02. The van der Waals surface area contributed by atoms with Crippen LogP contribution in [0.3, 0.4) is 0 Å². The lowest BCUT2D eigenvalue weighted by molar-refractivity contribution is 0.1000. The van der Waals surface area contributed by atoms with Gasteiger partial charge in [0.2, 0.25) is 0 Å². The summed E-state index contributed by atoms with van der Waals surface area (Å²) in [6.45, 7) is 1.85. The smallest absolute Gasteiger partial charge is 0.251 e. The number of phenolic OH excluding ortho intramolecular Hbond substituents is 1. The molecule has 88 valence electrons. The molecule has 0 saturated carbocycles. The Morgan fingerprint density at radius 1 is 1.29 bits per heavy atom. The number of hydrogen-bond acceptors (Lipinski definition) is 2. The van der Waals surface area contributed by atoms with Gasteiger partial charge in [-0.15, -0.1) is 0 Å². The van der Waals surface area contributed by atoms with E-state index in [1.54, 1.807) is 24.3 Å². The number of primary amides is 1. The summed E-state index contributed by atoms with van der Waals surface area (Å²) in [4.78, 5) is 11.5. The SMILES string of the molecule is Cc1c(C(N)=O)c(-c2ccc(O)cc2)cn1C. The van der Waals surface area contributed by atoms with Gasteiger partial charge in [0.1, 0.15) is 5.75 Å². The van der Waals surface area contributed by atoms with Crippen molar-refractivity contribution >= 4 is 5.91 Å². The van der Waals surface area contributed by atoms with Crippen LogP contribution in [0.15, 0.2) is 30.5 Å². The van der Waals surface area contributed by atoms with Gasteiger partial charge in [0.05, 0.1) is 5.56 Å². The minimum atomic E-state index is -0.439. The maximum Gasteiger partial charge on any atom is 0.251 e. The van der Waals surface area contributed by atoms with E-state index in [2.05, 4.69) is 0 Å². The van der Waals surface area contributed by atoms with Gasteiger partial charge in [-0.25, -0.2) is 0 Å². The molecule has 3 N–H and O–H groups in total. The summed E-state index contributed by atoms with van der Waals surface area (Å²) in [6, 6.07) is 6.69. The normalized spacial score (nSPS) is 10.5. The van der Waals surface area contributed by atoms with Gasteiger partial charge in [0, 0.05) is 24.5 Å². The number of nitrogens with zero attached hydrogens (tertiary/aromatic N) is 1. The van der Waals surface area contributed by atoms with Gasteiger partial charge >= 0.3 is 0 Å². The zero-order valence-corrected chi connectivity index (χ0v) is 9.77. The Morgan fingerprint density at radius 3 is 2.41 bits per heavy atom. The summed E-state index contributed by atoms with van der Waals surface area (Å²) in [6.07, 6.45) is 1.86. The number of amides is 1. The lowest BCUT2D eigenvalue weighted by atomic mass is 10.0. The van der Waals surface area contributed by atoms with Crippen molar-refractivity contribution in [3.05, 3.63) is 41.7 Å². The molecule has 2 aromatic rings. The topological polar surface area (TPSA) is 68.2 Å². The molecule has 17 heavy (non-hydrogen) atoms. The highest BCUT2D eigenvalue weighted by molar-refractivity contribution is 6.01. The third-order valence-electron chi connectivity index (χ3n) is 2.91. The van der Waals surface area contributed by atoms with Crippen molar-refractivity contribution < 1.29 is 9.90 Å². The molecule has 0 aliphatic carbocycles. The largest absolute Gasteiger partial charge is 0.508 e. The average Bonchev–Trinajstić information content (AvgIpc) is 2.56. The zero-order valence-electron chi connectivity index (χ0n) is 9.77. The van der Waals surface area contributed by atoms with E-state index < -0.39 is 5.91 Å². The molecule has 4 heteroatoms. The van der Waals surface area contributed by atoms with E-state index in [4.69, 9.17) is 5.73 Å². The van der Waals surface area contributed by atoms with Crippen LogP contribution in [0.5, 0.6) is 5.75 Å². The van der Waals surface area contributed by atoms with Crippen molar-refractivity contribution in [3.63, 3.8) is 0 Å². The fourth-order valence-electron chi connectivity index (χ4n) is 1.90. The molecule has 1 aromatic heterocycles. The first-order valence-corrected chi connectivity index (χ1v) is 5.26. The van der Waals surface area contributed by atoms with Gasteiger partial charge in [-0.1, -0.05) is 12.1 Å². The number of nitrogens with two attached hydrogens (primary N) is 1.